The van der Waals surface area contributed by atoms with Crippen molar-refractivity contribution in [3.63, 3.8) is 0 Å². The molecule has 1 aromatic heterocycles. The number of nitrogens with zero attached hydrogens (tertiary/aromatic N) is 2. The predicted molar refractivity (Wildman–Crippen MR) is 128 cm³/mol. The van der Waals surface area contributed by atoms with E-state index < -0.39 is 0 Å². The van der Waals surface area contributed by atoms with Crippen LogP contribution in [-0.4, -0.2) is 9.55 Å². The van der Waals surface area contributed by atoms with Gasteiger partial charge in [0.05, 0.1) is 16.6 Å². The predicted octanol–water partition coefficient (Wildman–Crippen LogP) is 6.23. The van der Waals surface area contributed by atoms with Gasteiger partial charge in [-0.15, -0.1) is 0 Å². The standard InChI is InChI=1S/C23H16BrIN2O/c1-15-4-2-3-5-21(15)27-22(13-8-16-6-9-17(24)10-7-16)26-20-12-11-18(25)14-19(20)23(27)28/h2-14H,1H3. The fraction of sp³-hybridized carbons (Fsp3) is 0.0435. The SMILES string of the molecule is Cc1ccccc1-n1c(C=Cc2ccc(Br)cc2)nc2ccc(I)cc2c1=O. The molecule has 4 rings (SSSR count). The number of hydrogen-bond acceptors (Lipinski definition) is 2. The van der Waals surface area contributed by atoms with Gasteiger partial charge in [0.1, 0.15) is 5.82 Å². The first kappa shape index (κ1) is 19.1. The Morgan fingerprint density at radius 2 is 1.75 bits per heavy atom. The van der Waals surface area contributed by atoms with E-state index in [1.54, 1.807) is 4.57 Å². The molecule has 0 unspecified atom stereocenters. The Morgan fingerprint density at radius 3 is 2.50 bits per heavy atom. The second-order valence-electron chi connectivity index (χ2n) is 6.44. The van der Waals surface area contributed by atoms with E-state index in [0.717, 1.165) is 24.9 Å². The summed E-state index contributed by atoms with van der Waals surface area (Å²) in [5, 5.41) is 0.621. The lowest BCUT2D eigenvalue weighted by molar-refractivity contribution is 0.934. The largest absolute Gasteiger partial charge is 0.268 e. The van der Waals surface area contributed by atoms with Crippen LogP contribution in [0.2, 0.25) is 0 Å². The Kier molecular flexibility index (Phi) is 5.46. The highest BCUT2D eigenvalue weighted by Gasteiger charge is 2.13. The summed E-state index contributed by atoms with van der Waals surface area (Å²) in [4.78, 5) is 18.2. The van der Waals surface area contributed by atoms with Crippen molar-refractivity contribution in [3.8, 4) is 5.69 Å². The summed E-state index contributed by atoms with van der Waals surface area (Å²) in [6.07, 6.45) is 3.87. The molecule has 1 heterocycles. The van der Waals surface area contributed by atoms with Gasteiger partial charge in [-0.3, -0.25) is 9.36 Å². The Balaban J connectivity index is 1.97. The summed E-state index contributed by atoms with van der Waals surface area (Å²) in [5.74, 6) is 0.607. The molecule has 0 bridgehead atoms. The third-order valence-corrected chi connectivity index (χ3v) is 5.71. The zero-order chi connectivity index (χ0) is 19.7. The minimum Gasteiger partial charge on any atom is -0.268 e. The number of aryl methyl sites for hydroxylation is 1. The number of fused-ring (bicyclic) bond motifs is 1. The smallest absolute Gasteiger partial charge is 0.266 e. The van der Waals surface area contributed by atoms with Crippen LogP contribution in [0.4, 0.5) is 0 Å². The van der Waals surface area contributed by atoms with E-state index in [9.17, 15) is 4.79 Å². The fourth-order valence-electron chi connectivity index (χ4n) is 3.08. The maximum absolute atomic E-state index is 13.4. The Labute approximate surface area is 185 Å². The molecular formula is C23H16BrIN2O. The number of rotatable bonds is 3. The van der Waals surface area contributed by atoms with Gasteiger partial charge in [-0.05, 0) is 83.1 Å². The summed E-state index contributed by atoms with van der Waals surface area (Å²) in [5.41, 5.74) is 3.54. The molecule has 0 saturated carbocycles. The van der Waals surface area contributed by atoms with Crippen molar-refractivity contribution in [2.24, 2.45) is 0 Å². The summed E-state index contributed by atoms with van der Waals surface area (Å²) in [7, 11) is 0. The zero-order valence-corrected chi connectivity index (χ0v) is 18.8. The van der Waals surface area contributed by atoms with E-state index in [0.29, 0.717) is 16.7 Å². The molecule has 138 valence electrons. The number of halogens is 2. The molecule has 0 saturated heterocycles. The number of para-hydroxylation sites is 1. The molecule has 28 heavy (non-hydrogen) atoms. The maximum Gasteiger partial charge on any atom is 0.266 e. The average molecular weight is 543 g/mol. The molecule has 0 N–H and O–H groups in total. The molecule has 0 fully saturated rings. The van der Waals surface area contributed by atoms with Crippen molar-refractivity contribution >= 4 is 61.6 Å². The number of benzene rings is 3. The van der Waals surface area contributed by atoms with Gasteiger partial charge in [0.25, 0.3) is 5.56 Å². The lowest BCUT2D eigenvalue weighted by atomic mass is 10.1. The highest BCUT2D eigenvalue weighted by atomic mass is 127. The van der Waals surface area contributed by atoms with Gasteiger partial charge in [0.15, 0.2) is 0 Å². The Hall–Kier alpha value is -2.25. The lowest BCUT2D eigenvalue weighted by Crippen LogP contribution is -2.23. The van der Waals surface area contributed by atoms with Crippen molar-refractivity contribution in [1.82, 2.24) is 9.55 Å². The third kappa shape index (κ3) is 3.82. The topological polar surface area (TPSA) is 34.9 Å². The van der Waals surface area contributed by atoms with Crippen molar-refractivity contribution in [2.75, 3.05) is 0 Å². The lowest BCUT2D eigenvalue weighted by Gasteiger charge is -2.13. The van der Waals surface area contributed by atoms with E-state index in [-0.39, 0.29) is 5.56 Å². The van der Waals surface area contributed by atoms with E-state index in [2.05, 4.69) is 38.5 Å². The van der Waals surface area contributed by atoms with Crippen molar-refractivity contribution in [1.29, 1.82) is 0 Å². The maximum atomic E-state index is 13.4. The second kappa shape index (κ2) is 8.01. The summed E-state index contributed by atoms with van der Waals surface area (Å²) in [6, 6.07) is 21.6. The molecule has 0 aliphatic heterocycles. The summed E-state index contributed by atoms with van der Waals surface area (Å²) in [6.45, 7) is 2.00. The van der Waals surface area contributed by atoms with E-state index in [1.807, 2.05) is 85.8 Å². The Morgan fingerprint density at radius 1 is 1.00 bits per heavy atom. The molecule has 0 atom stereocenters. The first-order valence-corrected chi connectivity index (χ1v) is 10.6. The minimum atomic E-state index is -0.0618. The molecule has 0 amide bonds. The number of aromatic nitrogens is 2. The van der Waals surface area contributed by atoms with Gasteiger partial charge >= 0.3 is 0 Å². The monoisotopic (exact) mass is 542 g/mol. The fourth-order valence-corrected chi connectivity index (χ4v) is 3.83. The normalized spacial score (nSPS) is 11.4. The van der Waals surface area contributed by atoms with Gasteiger partial charge in [-0.1, -0.05) is 52.3 Å². The van der Waals surface area contributed by atoms with Gasteiger partial charge in [-0.2, -0.15) is 0 Å². The molecule has 0 spiro atoms. The van der Waals surface area contributed by atoms with Crippen LogP contribution in [0.1, 0.15) is 17.0 Å². The zero-order valence-electron chi connectivity index (χ0n) is 15.1. The van der Waals surface area contributed by atoms with E-state index >= 15 is 0 Å². The molecule has 3 nitrogen and oxygen atoms in total. The van der Waals surface area contributed by atoms with Crippen LogP contribution in [0.15, 0.2) is 76.0 Å². The van der Waals surface area contributed by atoms with E-state index in [1.165, 1.54) is 0 Å². The highest BCUT2D eigenvalue weighted by Crippen LogP contribution is 2.20. The first-order chi connectivity index (χ1) is 13.5. The highest BCUT2D eigenvalue weighted by molar-refractivity contribution is 14.1. The molecular weight excluding hydrogens is 527 g/mol. The van der Waals surface area contributed by atoms with Crippen LogP contribution < -0.4 is 5.56 Å². The van der Waals surface area contributed by atoms with Gasteiger partial charge in [0.2, 0.25) is 0 Å². The van der Waals surface area contributed by atoms with Crippen molar-refractivity contribution in [2.45, 2.75) is 6.92 Å². The van der Waals surface area contributed by atoms with Crippen LogP contribution in [0.25, 0.3) is 28.7 Å². The number of hydrogen-bond donors (Lipinski definition) is 0. The van der Waals surface area contributed by atoms with E-state index in [4.69, 9.17) is 4.98 Å². The van der Waals surface area contributed by atoms with Crippen LogP contribution in [0.3, 0.4) is 0 Å². The molecule has 0 radical (unpaired) electrons. The van der Waals surface area contributed by atoms with Crippen LogP contribution in [0.5, 0.6) is 0 Å². The van der Waals surface area contributed by atoms with Crippen LogP contribution in [-0.2, 0) is 0 Å². The molecule has 0 aliphatic carbocycles. The molecule has 0 aliphatic rings. The minimum absolute atomic E-state index is 0.0618. The summed E-state index contributed by atoms with van der Waals surface area (Å²) < 4.78 is 3.74. The molecule has 4 aromatic rings. The summed E-state index contributed by atoms with van der Waals surface area (Å²) >= 11 is 5.67. The quantitative estimate of drug-likeness (QED) is 0.288. The van der Waals surface area contributed by atoms with Gasteiger partial charge < -0.3 is 0 Å². The second-order valence-corrected chi connectivity index (χ2v) is 8.60. The van der Waals surface area contributed by atoms with Crippen molar-refractivity contribution in [3.05, 3.63) is 102 Å². The van der Waals surface area contributed by atoms with Gasteiger partial charge in [0, 0.05) is 8.04 Å². The van der Waals surface area contributed by atoms with Gasteiger partial charge in [-0.25, -0.2) is 4.98 Å². The molecule has 3 aromatic carbocycles. The average Bonchev–Trinajstić information content (AvgIpc) is 2.69. The van der Waals surface area contributed by atoms with Crippen molar-refractivity contribution < 1.29 is 0 Å². The molecule has 5 heteroatoms. The van der Waals surface area contributed by atoms with Crippen LogP contribution >= 0.6 is 38.5 Å². The Bertz CT molecular complexity index is 1260. The van der Waals surface area contributed by atoms with Crippen LogP contribution in [0, 0.1) is 10.5 Å². The third-order valence-electron chi connectivity index (χ3n) is 4.51. The first-order valence-electron chi connectivity index (χ1n) is 8.75.